The molecule has 0 amide bonds. The Morgan fingerprint density at radius 2 is 2.00 bits per heavy atom. The van der Waals surface area contributed by atoms with Gasteiger partial charge in [0.2, 0.25) is 0 Å². The highest BCUT2D eigenvalue weighted by Gasteiger charge is 2.30. The molecule has 1 unspecified atom stereocenters. The minimum Gasteiger partial charge on any atom is -0.466 e. The van der Waals surface area contributed by atoms with Gasteiger partial charge in [-0.2, -0.15) is 0 Å². The first kappa shape index (κ1) is 13.5. The number of hydrogen-bond donors (Lipinski definition) is 1. The largest absolute Gasteiger partial charge is 0.466 e. The maximum Gasteiger partial charge on any atom is 0.307 e. The molecule has 16 heavy (non-hydrogen) atoms. The molecule has 0 bridgehead atoms. The van der Waals surface area contributed by atoms with Gasteiger partial charge in [0.15, 0.2) is 0 Å². The van der Waals surface area contributed by atoms with E-state index in [4.69, 9.17) is 10.5 Å². The number of hydrogen-bond acceptors (Lipinski definition) is 3. The topological polar surface area (TPSA) is 52.3 Å². The number of ether oxygens (including phenoxy) is 1. The summed E-state index contributed by atoms with van der Waals surface area (Å²) in [5.41, 5.74) is 5.85. The summed E-state index contributed by atoms with van der Waals surface area (Å²) < 4.78 is 5.15. The number of rotatable bonds is 9. The third-order valence-corrected chi connectivity index (χ3v) is 3.14. The molecular formula is C13H25NO2. The molecule has 1 fully saturated rings. The van der Waals surface area contributed by atoms with Crippen molar-refractivity contribution in [2.75, 3.05) is 6.61 Å². The van der Waals surface area contributed by atoms with Crippen molar-refractivity contribution >= 4 is 5.97 Å². The fraction of sp³-hybridized carbons (Fsp3) is 0.923. The lowest BCUT2D eigenvalue weighted by Crippen LogP contribution is -2.27. The number of nitrogens with two attached hydrogens (primary N) is 1. The Labute approximate surface area is 98.7 Å². The van der Waals surface area contributed by atoms with Crippen LogP contribution in [0.4, 0.5) is 0 Å². The normalized spacial score (nSPS) is 17.1. The first-order valence-electron chi connectivity index (χ1n) is 6.65. The summed E-state index contributed by atoms with van der Waals surface area (Å²) in [4.78, 5) is 11.4. The molecule has 1 aliphatic rings. The molecule has 0 aromatic rings. The smallest absolute Gasteiger partial charge is 0.307 e. The van der Waals surface area contributed by atoms with Crippen LogP contribution in [-0.2, 0) is 9.53 Å². The molecule has 2 N–H and O–H groups in total. The van der Waals surface area contributed by atoms with Gasteiger partial charge in [-0.1, -0.05) is 32.6 Å². The Kier molecular flexibility index (Phi) is 6.46. The predicted molar refractivity (Wildman–Crippen MR) is 65.0 cm³/mol. The molecule has 1 aliphatic carbocycles. The van der Waals surface area contributed by atoms with E-state index in [-0.39, 0.29) is 12.0 Å². The Morgan fingerprint density at radius 1 is 1.31 bits per heavy atom. The van der Waals surface area contributed by atoms with Crippen molar-refractivity contribution < 1.29 is 9.53 Å². The Hall–Kier alpha value is -0.570. The maximum atomic E-state index is 11.4. The van der Waals surface area contributed by atoms with Crippen molar-refractivity contribution in [3.8, 4) is 0 Å². The monoisotopic (exact) mass is 227 g/mol. The zero-order chi connectivity index (χ0) is 11.8. The van der Waals surface area contributed by atoms with Gasteiger partial charge in [-0.25, -0.2) is 0 Å². The minimum atomic E-state index is -0.116. The summed E-state index contributed by atoms with van der Waals surface area (Å²) in [7, 11) is 0. The van der Waals surface area contributed by atoms with Crippen molar-refractivity contribution in [1.82, 2.24) is 0 Å². The van der Waals surface area contributed by atoms with Crippen LogP contribution in [0.1, 0.15) is 58.3 Å². The Bertz CT molecular complexity index is 202. The lowest BCUT2D eigenvalue weighted by Gasteiger charge is -2.09. The summed E-state index contributed by atoms with van der Waals surface area (Å²) >= 11 is 0. The SMILES string of the molecule is CCCCCCCOC(=O)CC(N)C1CC1. The molecule has 0 aliphatic heterocycles. The molecule has 0 spiro atoms. The van der Waals surface area contributed by atoms with Crippen molar-refractivity contribution in [2.45, 2.75) is 64.3 Å². The number of unbranched alkanes of at least 4 members (excludes halogenated alkanes) is 4. The van der Waals surface area contributed by atoms with Crippen LogP contribution in [0.5, 0.6) is 0 Å². The van der Waals surface area contributed by atoms with E-state index in [1.54, 1.807) is 0 Å². The van der Waals surface area contributed by atoms with Crippen molar-refractivity contribution in [3.63, 3.8) is 0 Å². The Morgan fingerprint density at radius 3 is 2.62 bits per heavy atom. The van der Waals surface area contributed by atoms with Gasteiger partial charge in [0.1, 0.15) is 0 Å². The van der Waals surface area contributed by atoms with Crippen LogP contribution in [0.25, 0.3) is 0 Å². The molecule has 1 rings (SSSR count). The highest BCUT2D eigenvalue weighted by molar-refractivity contribution is 5.70. The van der Waals surface area contributed by atoms with Crippen LogP contribution in [0.3, 0.4) is 0 Å². The molecule has 0 aromatic carbocycles. The molecular weight excluding hydrogens is 202 g/mol. The molecule has 3 nitrogen and oxygen atoms in total. The molecule has 3 heteroatoms. The van der Waals surface area contributed by atoms with Gasteiger partial charge >= 0.3 is 5.97 Å². The van der Waals surface area contributed by atoms with Crippen molar-refractivity contribution in [1.29, 1.82) is 0 Å². The molecule has 0 aromatic heterocycles. The second-order valence-corrected chi connectivity index (χ2v) is 4.84. The molecule has 1 atom stereocenters. The third kappa shape index (κ3) is 6.11. The zero-order valence-electron chi connectivity index (χ0n) is 10.4. The van der Waals surface area contributed by atoms with E-state index in [9.17, 15) is 4.79 Å². The van der Waals surface area contributed by atoms with Crippen LogP contribution in [0.2, 0.25) is 0 Å². The number of carbonyl (C=O) groups is 1. The van der Waals surface area contributed by atoms with Gasteiger partial charge in [-0.05, 0) is 25.2 Å². The first-order chi connectivity index (χ1) is 7.74. The number of carbonyl (C=O) groups excluding carboxylic acids is 1. The average molecular weight is 227 g/mol. The van der Waals surface area contributed by atoms with Crippen LogP contribution in [0, 0.1) is 5.92 Å². The van der Waals surface area contributed by atoms with Crippen LogP contribution >= 0.6 is 0 Å². The zero-order valence-corrected chi connectivity index (χ0v) is 10.4. The second kappa shape index (κ2) is 7.66. The summed E-state index contributed by atoms with van der Waals surface area (Å²) in [5, 5.41) is 0. The lowest BCUT2D eigenvalue weighted by molar-refractivity contribution is -0.144. The lowest BCUT2D eigenvalue weighted by atomic mass is 10.1. The van der Waals surface area contributed by atoms with E-state index >= 15 is 0 Å². The summed E-state index contributed by atoms with van der Waals surface area (Å²) in [6, 6.07) is 0.0348. The molecule has 1 saturated carbocycles. The first-order valence-corrected chi connectivity index (χ1v) is 6.65. The van der Waals surface area contributed by atoms with E-state index < -0.39 is 0 Å². The van der Waals surface area contributed by atoms with E-state index in [0.29, 0.717) is 18.9 Å². The second-order valence-electron chi connectivity index (χ2n) is 4.84. The van der Waals surface area contributed by atoms with E-state index in [1.807, 2.05) is 0 Å². The molecule has 0 radical (unpaired) electrons. The minimum absolute atomic E-state index is 0.0348. The van der Waals surface area contributed by atoms with Crippen molar-refractivity contribution in [2.24, 2.45) is 11.7 Å². The summed E-state index contributed by atoms with van der Waals surface area (Å²) in [5.74, 6) is 0.465. The van der Waals surface area contributed by atoms with Gasteiger partial charge in [0.25, 0.3) is 0 Å². The third-order valence-electron chi connectivity index (χ3n) is 3.14. The summed E-state index contributed by atoms with van der Waals surface area (Å²) in [6.45, 7) is 2.76. The maximum absolute atomic E-state index is 11.4. The van der Waals surface area contributed by atoms with Crippen LogP contribution in [0.15, 0.2) is 0 Å². The number of esters is 1. The quantitative estimate of drug-likeness (QED) is 0.486. The molecule has 94 valence electrons. The van der Waals surface area contributed by atoms with Gasteiger partial charge in [0, 0.05) is 6.04 Å². The summed E-state index contributed by atoms with van der Waals surface area (Å²) in [6.07, 6.45) is 8.70. The van der Waals surface area contributed by atoms with Gasteiger partial charge in [-0.15, -0.1) is 0 Å². The fourth-order valence-electron chi connectivity index (χ4n) is 1.83. The van der Waals surface area contributed by atoms with Crippen molar-refractivity contribution in [3.05, 3.63) is 0 Å². The Balaban J connectivity index is 1.89. The van der Waals surface area contributed by atoms with E-state index in [0.717, 1.165) is 12.8 Å². The molecule has 0 saturated heterocycles. The highest BCUT2D eigenvalue weighted by atomic mass is 16.5. The highest BCUT2D eigenvalue weighted by Crippen LogP contribution is 2.32. The van der Waals surface area contributed by atoms with Gasteiger partial charge < -0.3 is 10.5 Å². The van der Waals surface area contributed by atoms with E-state index in [1.165, 1.54) is 32.1 Å². The fourth-order valence-corrected chi connectivity index (χ4v) is 1.83. The van der Waals surface area contributed by atoms with Gasteiger partial charge in [0.05, 0.1) is 13.0 Å². The van der Waals surface area contributed by atoms with Crippen LogP contribution < -0.4 is 5.73 Å². The standard InChI is InChI=1S/C13H25NO2/c1-2-3-4-5-6-9-16-13(15)10-12(14)11-7-8-11/h11-12H,2-10,14H2,1H3. The molecule has 0 heterocycles. The van der Waals surface area contributed by atoms with E-state index in [2.05, 4.69) is 6.92 Å². The average Bonchev–Trinajstić information content (AvgIpc) is 3.06. The van der Waals surface area contributed by atoms with Crippen LogP contribution in [-0.4, -0.2) is 18.6 Å². The predicted octanol–water partition coefficient (Wildman–Crippen LogP) is 2.63. The van der Waals surface area contributed by atoms with Gasteiger partial charge in [-0.3, -0.25) is 4.79 Å².